The third-order valence-corrected chi connectivity index (χ3v) is 3.88. The van der Waals surface area contributed by atoms with E-state index in [0.717, 1.165) is 30.8 Å². The van der Waals surface area contributed by atoms with Crippen molar-refractivity contribution in [1.29, 1.82) is 0 Å². The number of rotatable bonds is 2. The molecule has 1 aromatic heterocycles. The van der Waals surface area contributed by atoms with Crippen LogP contribution in [0.1, 0.15) is 36.1 Å². The fourth-order valence-corrected chi connectivity index (χ4v) is 2.81. The molecule has 1 atom stereocenters. The van der Waals surface area contributed by atoms with Gasteiger partial charge in [-0.3, -0.25) is 0 Å². The van der Waals surface area contributed by atoms with Crippen LogP contribution in [0.3, 0.4) is 0 Å². The molecular formula is C17H20N2O. The van der Waals surface area contributed by atoms with Crippen LogP contribution in [-0.4, -0.2) is 16.6 Å². The normalized spacial score (nSPS) is 15.8. The summed E-state index contributed by atoms with van der Waals surface area (Å²) in [6.07, 6.45) is 3.58. The summed E-state index contributed by atoms with van der Waals surface area (Å²) in [5.41, 5.74) is 4.85. The maximum Gasteiger partial charge on any atom is 0.133 e. The van der Waals surface area contributed by atoms with Gasteiger partial charge in [-0.2, -0.15) is 0 Å². The topological polar surface area (TPSA) is 36.4 Å². The molecule has 3 nitrogen and oxygen atoms in total. The molecule has 1 aromatic carbocycles. The molecule has 0 amide bonds. The molecule has 0 saturated heterocycles. The van der Waals surface area contributed by atoms with Crippen LogP contribution >= 0.6 is 0 Å². The van der Waals surface area contributed by atoms with Crippen molar-refractivity contribution < 1.29 is 5.11 Å². The van der Waals surface area contributed by atoms with Gasteiger partial charge in [0.1, 0.15) is 5.82 Å². The molecule has 0 aliphatic carbocycles. The zero-order valence-corrected chi connectivity index (χ0v) is 12.0. The molecule has 1 aliphatic rings. The van der Waals surface area contributed by atoms with E-state index >= 15 is 0 Å². The molecule has 1 N–H and O–H groups in total. The maximum atomic E-state index is 9.73. The first-order chi connectivity index (χ1) is 9.65. The maximum absolute atomic E-state index is 9.73. The van der Waals surface area contributed by atoms with E-state index in [1.165, 1.54) is 16.8 Å². The first-order valence-electron chi connectivity index (χ1n) is 7.16. The van der Waals surface area contributed by atoms with E-state index in [1.54, 1.807) is 13.1 Å². The Morgan fingerprint density at radius 3 is 2.90 bits per heavy atom. The van der Waals surface area contributed by atoms with E-state index in [2.05, 4.69) is 35.0 Å². The molecule has 0 saturated carbocycles. The highest BCUT2D eigenvalue weighted by molar-refractivity contribution is 5.66. The van der Waals surface area contributed by atoms with E-state index in [4.69, 9.17) is 0 Å². The van der Waals surface area contributed by atoms with Crippen LogP contribution in [-0.2, 0) is 6.42 Å². The van der Waals surface area contributed by atoms with Gasteiger partial charge in [0.05, 0.1) is 6.10 Å². The first-order valence-corrected chi connectivity index (χ1v) is 7.16. The van der Waals surface area contributed by atoms with Crippen molar-refractivity contribution in [2.24, 2.45) is 0 Å². The second-order valence-corrected chi connectivity index (χ2v) is 5.51. The first kappa shape index (κ1) is 13.1. The summed E-state index contributed by atoms with van der Waals surface area (Å²) in [6, 6.07) is 10.4. The number of pyridine rings is 1. The molecule has 104 valence electrons. The van der Waals surface area contributed by atoms with Crippen LogP contribution in [0, 0.1) is 6.92 Å². The number of benzene rings is 1. The van der Waals surface area contributed by atoms with Crippen LogP contribution in [0.5, 0.6) is 0 Å². The molecule has 3 rings (SSSR count). The minimum atomic E-state index is -0.459. The summed E-state index contributed by atoms with van der Waals surface area (Å²) >= 11 is 0. The fraction of sp³-hybridized carbons (Fsp3) is 0.353. The Labute approximate surface area is 119 Å². The second kappa shape index (κ2) is 5.25. The Hall–Kier alpha value is -1.87. The predicted octanol–water partition coefficient (Wildman–Crippen LogP) is 3.53. The lowest BCUT2D eigenvalue weighted by Crippen LogP contribution is -2.25. The summed E-state index contributed by atoms with van der Waals surface area (Å²) in [5, 5.41) is 9.73. The minimum absolute atomic E-state index is 0.459. The van der Waals surface area contributed by atoms with Crippen molar-refractivity contribution in [2.75, 3.05) is 11.4 Å². The monoisotopic (exact) mass is 268 g/mol. The predicted molar refractivity (Wildman–Crippen MR) is 81.4 cm³/mol. The number of aromatic nitrogens is 1. The van der Waals surface area contributed by atoms with Gasteiger partial charge in [0, 0.05) is 18.4 Å². The number of aliphatic hydroxyl groups is 1. The molecule has 0 fully saturated rings. The molecule has 0 radical (unpaired) electrons. The van der Waals surface area contributed by atoms with Crippen LogP contribution in [0.4, 0.5) is 11.5 Å². The Morgan fingerprint density at radius 2 is 2.10 bits per heavy atom. The lowest BCUT2D eigenvalue weighted by atomic mass is 9.99. The van der Waals surface area contributed by atoms with Crippen LogP contribution in [0.15, 0.2) is 36.5 Å². The SMILES string of the molecule is Cc1ccc2c(c1)CCCN2c1cc([C@@H](C)O)ccn1. The average Bonchev–Trinajstić information content (AvgIpc) is 2.46. The fourth-order valence-electron chi connectivity index (χ4n) is 2.81. The van der Waals surface area contributed by atoms with Crippen molar-refractivity contribution in [3.05, 3.63) is 53.2 Å². The van der Waals surface area contributed by atoms with E-state index in [9.17, 15) is 5.11 Å². The van der Waals surface area contributed by atoms with Gasteiger partial charge in [0.2, 0.25) is 0 Å². The van der Waals surface area contributed by atoms with E-state index in [0.29, 0.717) is 0 Å². The van der Waals surface area contributed by atoms with Crippen molar-refractivity contribution >= 4 is 11.5 Å². The molecule has 1 aliphatic heterocycles. The molecule has 0 spiro atoms. The van der Waals surface area contributed by atoms with Gasteiger partial charge >= 0.3 is 0 Å². The van der Waals surface area contributed by atoms with Crippen LogP contribution < -0.4 is 4.90 Å². The molecule has 2 heterocycles. The molecular weight excluding hydrogens is 248 g/mol. The Kier molecular flexibility index (Phi) is 3.45. The van der Waals surface area contributed by atoms with Gasteiger partial charge in [-0.1, -0.05) is 17.7 Å². The number of anilines is 2. The van der Waals surface area contributed by atoms with E-state index in [1.807, 2.05) is 12.1 Å². The van der Waals surface area contributed by atoms with Crippen molar-refractivity contribution in [3.8, 4) is 0 Å². The highest BCUT2D eigenvalue weighted by Crippen LogP contribution is 2.33. The number of hydrogen-bond donors (Lipinski definition) is 1. The third-order valence-electron chi connectivity index (χ3n) is 3.88. The zero-order chi connectivity index (χ0) is 14.1. The Bertz CT molecular complexity index is 622. The highest BCUT2D eigenvalue weighted by atomic mass is 16.3. The molecule has 0 bridgehead atoms. The smallest absolute Gasteiger partial charge is 0.133 e. The molecule has 3 heteroatoms. The van der Waals surface area contributed by atoms with E-state index < -0.39 is 6.10 Å². The Balaban J connectivity index is 2.02. The van der Waals surface area contributed by atoms with Gasteiger partial charge in [0.15, 0.2) is 0 Å². The molecule has 2 aromatic rings. The summed E-state index contributed by atoms with van der Waals surface area (Å²) < 4.78 is 0. The largest absolute Gasteiger partial charge is 0.389 e. The number of fused-ring (bicyclic) bond motifs is 1. The summed E-state index contributed by atoms with van der Waals surface area (Å²) in [5.74, 6) is 0.924. The second-order valence-electron chi connectivity index (χ2n) is 5.51. The van der Waals surface area contributed by atoms with Crippen LogP contribution in [0.25, 0.3) is 0 Å². The molecule has 0 unspecified atom stereocenters. The summed E-state index contributed by atoms with van der Waals surface area (Å²) in [4.78, 5) is 6.74. The third kappa shape index (κ3) is 2.41. The van der Waals surface area contributed by atoms with Gasteiger partial charge < -0.3 is 10.0 Å². The summed E-state index contributed by atoms with van der Waals surface area (Å²) in [7, 11) is 0. The number of nitrogens with zero attached hydrogens (tertiary/aromatic N) is 2. The zero-order valence-electron chi connectivity index (χ0n) is 12.0. The van der Waals surface area contributed by atoms with Crippen LogP contribution in [0.2, 0.25) is 0 Å². The van der Waals surface area contributed by atoms with Gasteiger partial charge in [-0.15, -0.1) is 0 Å². The number of aryl methyl sites for hydroxylation is 2. The van der Waals surface area contributed by atoms with E-state index in [-0.39, 0.29) is 0 Å². The highest BCUT2D eigenvalue weighted by Gasteiger charge is 2.19. The quantitative estimate of drug-likeness (QED) is 0.905. The van der Waals surface area contributed by atoms with Crippen molar-refractivity contribution in [1.82, 2.24) is 4.98 Å². The lowest BCUT2D eigenvalue weighted by molar-refractivity contribution is 0.199. The van der Waals surface area contributed by atoms with Gasteiger partial charge in [0.25, 0.3) is 0 Å². The Morgan fingerprint density at radius 1 is 1.25 bits per heavy atom. The number of hydrogen-bond acceptors (Lipinski definition) is 3. The number of aliphatic hydroxyl groups excluding tert-OH is 1. The lowest BCUT2D eigenvalue weighted by Gasteiger charge is -2.31. The average molecular weight is 268 g/mol. The summed E-state index contributed by atoms with van der Waals surface area (Å²) in [6.45, 7) is 4.89. The van der Waals surface area contributed by atoms with Gasteiger partial charge in [-0.25, -0.2) is 4.98 Å². The molecule has 20 heavy (non-hydrogen) atoms. The van der Waals surface area contributed by atoms with Crippen molar-refractivity contribution in [2.45, 2.75) is 32.8 Å². The minimum Gasteiger partial charge on any atom is -0.389 e. The van der Waals surface area contributed by atoms with Crippen molar-refractivity contribution in [3.63, 3.8) is 0 Å². The standard InChI is InChI=1S/C17H20N2O/c1-12-5-6-16-15(10-12)4-3-9-19(16)17-11-14(13(2)20)7-8-18-17/h5-8,10-11,13,20H,3-4,9H2,1-2H3/t13-/m1/s1. The van der Waals surface area contributed by atoms with Gasteiger partial charge in [-0.05, 0) is 56.0 Å².